The summed E-state index contributed by atoms with van der Waals surface area (Å²) in [6, 6.07) is 40.5. The van der Waals surface area contributed by atoms with Crippen LogP contribution in [0.15, 0.2) is 109 Å². The van der Waals surface area contributed by atoms with Crippen molar-refractivity contribution in [1.29, 1.82) is 10.5 Å². The lowest BCUT2D eigenvalue weighted by Crippen LogP contribution is -1.98. The van der Waals surface area contributed by atoms with Gasteiger partial charge in [0.25, 0.3) is 0 Å². The number of nitriles is 2. The van der Waals surface area contributed by atoms with E-state index in [4.69, 9.17) is 0 Å². The molecule has 162 valence electrons. The Balaban J connectivity index is 1.66. The Hall–Kier alpha value is -5.19. The predicted molar refractivity (Wildman–Crippen MR) is 139 cm³/mol. The maximum atomic E-state index is 9.48. The second kappa shape index (κ2) is 8.30. The summed E-state index contributed by atoms with van der Waals surface area (Å²) in [6.45, 7) is 0. The topological polar surface area (TPSA) is 65.4 Å². The number of hydrogen-bond donors (Lipinski definition) is 0. The Labute approximate surface area is 202 Å². The third-order valence-electron chi connectivity index (χ3n) is 6.30. The van der Waals surface area contributed by atoms with E-state index >= 15 is 0 Å². The lowest BCUT2D eigenvalue weighted by Gasteiger charge is -2.16. The zero-order valence-electron chi connectivity index (χ0n) is 18.7. The van der Waals surface area contributed by atoms with Crippen molar-refractivity contribution in [3.63, 3.8) is 0 Å². The van der Waals surface area contributed by atoms with Gasteiger partial charge in [-0.3, -0.25) is 0 Å². The van der Waals surface area contributed by atoms with Crippen molar-refractivity contribution < 1.29 is 0 Å². The van der Waals surface area contributed by atoms with E-state index in [1.165, 1.54) is 0 Å². The molecule has 0 aliphatic heterocycles. The fraction of sp³-hybridized carbons (Fsp3) is 0. The minimum absolute atomic E-state index is 0.390. The molecule has 4 nitrogen and oxygen atoms in total. The summed E-state index contributed by atoms with van der Waals surface area (Å²) in [7, 11) is 0. The van der Waals surface area contributed by atoms with Gasteiger partial charge in [0.2, 0.25) is 0 Å². The Morgan fingerprint density at radius 3 is 2.11 bits per heavy atom. The van der Waals surface area contributed by atoms with E-state index in [0.29, 0.717) is 11.3 Å². The summed E-state index contributed by atoms with van der Waals surface area (Å²) in [6.07, 6.45) is 0. The quantitative estimate of drug-likeness (QED) is 0.287. The van der Waals surface area contributed by atoms with Crippen LogP contribution in [0.2, 0.25) is 0 Å². The molecule has 0 spiro atoms. The number of para-hydroxylation sites is 2. The molecule has 4 aromatic carbocycles. The van der Waals surface area contributed by atoms with Crippen molar-refractivity contribution in [2.45, 2.75) is 0 Å². The fourth-order valence-corrected chi connectivity index (χ4v) is 4.79. The SMILES string of the molecule is N#Cc1ccc2c(c1)c1ccccc1n2-c1ccccc1-c1ccccc1-c1cccc(C#N)n1. The first kappa shape index (κ1) is 20.4. The van der Waals surface area contributed by atoms with Crippen LogP contribution in [-0.2, 0) is 0 Å². The molecule has 0 N–H and O–H groups in total. The van der Waals surface area contributed by atoms with Crippen LogP contribution in [-0.4, -0.2) is 9.55 Å². The van der Waals surface area contributed by atoms with Crippen LogP contribution in [0.3, 0.4) is 0 Å². The van der Waals surface area contributed by atoms with E-state index in [9.17, 15) is 10.5 Å². The Morgan fingerprint density at radius 2 is 1.29 bits per heavy atom. The van der Waals surface area contributed by atoms with Gasteiger partial charge in [-0.05, 0) is 48.0 Å². The minimum Gasteiger partial charge on any atom is -0.309 e. The lowest BCUT2D eigenvalue weighted by atomic mass is 9.95. The van der Waals surface area contributed by atoms with Gasteiger partial charge in [0.1, 0.15) is 11.8 Å². The van der Waals surface area contributed by atoms with Crippen molar-refractivity contribution in [1.82, 2.24) is 9.55 Å². The van der Waals surface area contributed by atoms with Gasteiger partial charge in [0, 0.05) is 21.9 Å². The maximum Gasteiger partial charge on any atom is 0.141 e. The highest BCUT2D eigenvalue weighted by molar-refractivity contribution is 6.10. The molecular weight excluding hydrogens is 428 g/mol. The highest BCUT2D eigenvalue weighted by atomic mass is 15.0. The van der Waals surface area contributed by atoms with E-state index in [1.807, 2.05) is 72.8 Å². The molecule has 2 aromatic heterocycles. The molecule has 4 heteroatoms. The van der Waals surface area contributed by atoms with E-state index in [0.717, 1.165) is 49.9 Å². The highest BCUT2D eigenvalue weighted by Gasteiger charge is 2.17. The summed E-state index contributed by atoms with van der Waals surface area (Å²) in [5, 5.41) is 21.0. The van der Waals surface area contributed by atoms with Crippen LogP contribution in [0.5, 0.6) is 0 Å². The molecule has 0 bridgehead atoms. The molecule has 0 radical (unpaired) electrons. The van der Waals surface area contributed by atoms with Gasteiger partial charge in [-0.25, -0.2) is 4.98 Å². The Morgan fingerprint density at radius 1 is 0.571 bits per heavy atom. The molecule has 35 heavy (non-hydrogen) atoms. The van der Waals surface area contributed by atoms with Gasteiger partial charge >= 0.3 is 0 Å². The first-order valence-electron chi connectivity index (χ1n) is 11.3. The number of nitrogens with zero attached hydrogens (tertiary/aromatic N) is 4. The van der Waals surface area contributed by atoms with Crippen LogP contribution >= 0.6 is 0 Å². The summed E-state index contributed by atoms with van der Waals surface area (Å²) >= 11 is 0. The number of pyridine rings is 1. The number of benzene rings is 4. The monoisotopic (exact) mass is 446 g/mol. The zero-order chi connectivity index (χ0) is 23.8. The lowest BCUT2D eigenvalue weighted by molar-refractivity contribution is 1.18. The molecule has 0 atom stereocenters. The van der Waals surface area contributed by atoms with Crippen molar-refractivity contribution in [3.8, 4) is 40.2 Å². The number of rotatable bonds is 3. The van der Waals surface area contributed by atoms with Gasteiger partial charge in [0.05, 0.1) is 34.0 Å². The number of fused-ring (bicyclic) bond motifs is 3. The van der Waals surface area contributed by atoms with Crippen LogP contribution in [0, 0.1) is 22.7 Å². The summed E-state index contributed by atoms with van der Waals surface area (Å²) in [5.74, 6) is 0. The van der Waals surface area contributed by atoms with E-state index in [-0.39, 0.29) is 0 Å². The van der Waals surface area contributed by atoms with Crippen LogP contribution in [0.4, 0.5) is 0 Å². The normalized spacial score (nSPS) is 10.8. The molecule has 6 aromatic rings. The van der Waals surface area contributed by atoms with Crippen LogP contribution < -0.4 is 0 Å². The molecule has 0 saturated carbocycles. The van der Waals surface area contributed by atoms with Gasteiger partial charge in [0.15, 0.2) is 0 Å². The molecule has 0 aliphatic rings. The summed E-state index contributed by atoms with van der Waals surface area (Å²) in [4.78, 5) is 4.56. The zero-order valence-corrected chi connectivity index (χ0v) is 18.7. The molecule has 0 aliphatic carbocycles. The average Bonchev–Trinajstić information content (AvgIpc) is 3.26. The number of aromatic nitrogens is 2. The molecule has 2 heterocycles. The average molecular weight is 447 g/mol. The Bertz CT molecular complexity index is 1830. The van der Waals surface area contributed by atoms with E-state index < -0.39 is 0 Å². The van der Waals surface area contributed by atoms with E-state index in [1.54, 1.807) is 6.07 Å². The van der Waals surface area contributed by atoms with Gasteiger partial charge in [-0.2, -0.15) is 10.5 Å². The van der Waals surface area contributed by atoms with Gasteiger partial charge < -0.3 is 4.57 Å². The van der Waals surface area contributed by atoms with Crippen molar-refractivity contribution >= 4 is 21.8 Å². The number of hydrogen-bond acceptors (Lipinski definition) is 3. The second-order valence-corrected chi connectivity index (χ2v) is 8.28. The summed E-state index contributed by atoms with van der Waals surface area (Å²) < 4.78 is 2.26. The predicted octanol–water partition coefficient (Wildman–Crippen LogP) is 7.26. The molecular formula is C31H18N4. The fourth-order valence-electron chi connectivity index (χ4n) is 4.79. The second-order valence-electron chi connectivity index (χ2n) is 8.28. The molecule has 6 rings (SSSR count). The Kier molecular flexibility index (Phi) is 4.84. The third kappa shape index (κ3) is 3.33. The third-order valence-corrected chi connectivity index (χ3v) is 6.30. The molecule has 0 fully saturated rings. The molecule has 0 unspecified atom stereocenters. The maximum absolute atomic E-state index is 9.48. The van der Waals surface area contributed by atoms with Crippen LogP contribution in [0.25, 0.3) is 49.9 Å². The standard InChI is InChI=1S/C31H18N4/c32-19-21-16-17-31-27(18-21)26-12-4-6-15-30(26)35(31)29-14-5-3-11-25(29)23-9-1-2-10-24(23)28-13-7-8-22(20-33)34-28/h1-18H. The highest BCUT2D eigenvalue weighted by Crippen LogP contribution is 2.39. The van der Waals surface area contributed by atoms with Crippen molar-refractivity contribution in [3.05, 3.63) is 120 Å². The van der Waals surface area contributed by atoms with Crippen molar-refractivity contribution in [2.75, 3.05) is 0 Å². The molecule has 0 amide bonds. The smallest absolute Gasteiger partial charge is 0.141 e. The van der Waals surface area contributed by atoms with E-state index in [2.05, 4.69) is 52.0 Å². The molecule has 0 saturated heterocycles. The first-order chi connectivity index (χ1) is 17.3. The van der Waals surface area contributed by atoms with Crippen LogP contribution in [0.1, 0.15) is 11.3 Å². The first-order valence-corrected chi connectivity index (χ1v) is 11.3. The summed E-state index contributed by atoms with van der Waals surface area (Å²) in [5.41, 5.74) is 7.99. The largest absolute Gasteiger partial charge is 0.309 e. The van der Waals surface area contributed by atoms with Crippen molar-refractivity contribution in [2.24, 2.45) is 0 Å². The minimum atomic E-state index is 0.390. The van der Waals surface area contributed by atoms with Gasteiger partial charge in [-0.1, -0.05) is 66.7 Å². The van der Waals surface area contributed by atoms with Gasteiger partial charge in [-0.15, -0.1) is 0 Å².